The van der Waals surface area contributed by atoms with E-state index in [2.05, 4.69) is 23.6 Å². The summed E-state index contributed by atoms with van der Waals surface area (Å²) in [7, 11) is 4.02. The fourth-order valence-corrected chi connectivity index (χ4v) is 4.39. The molecule has 168 valence electrons. The van der Waals surface area contributed by atoms with E-state index in [0.29, 0.717) is 17.9 Å². The van der Waals surface area contributed by atoms with E-state index in [0.717, 1.165) is 60.9 Å². The van der Waals surface area contributed by atoms with Gasteiger partial charge in [0.1, 0.15) is 5.82 Å². The molecular weight excluding hydrogens is 398 g/mol. The van der Waals surface area contributed by atoms with E-state index in [9.17, 15) is 4.79 Å². The number of amides is 1. The van der Waals surface area contributed by atoms with E-state index in [-0.39, 0.29) is 5.91 Å². The second-order valence-electron chi connectivity index (χ2n) is 8.90. The van der Waals surface area contributed by atoms with E-state index >= 15 is 0 Å². The Morgan fingerprint density at radius 1 is 1.00 bits per heavy atom. The number of nitrogens with one attached hydrogen (secondary N) is 2. The Morgan fingerprint density at radius 3 is 2.41 bits per heavy atom. The summed E-state index contributed by atoms with van der Waals surface area (Å²) in [5, 5.41) is 7.74. The van der Waals surface area contributed by atoms with E-state index in [4.69, 9.17) is 9.97 Å². The Balaban J connectivity index is 1.30. The van der Waals surface area contributed by atoms with Gasteiger partial charge in [0.2, 0.25) is 5.95 Å². The molecule has 1 amide bonds. The van der Waals surface area contributed by atoms with Crippen LogP contribution >= 0.6 is 0 Å². The minimum Gasteiger partial charge on any atom is -0.362 e. The average molecular weight is 432 g/mol. The summed E-state index contributed by atoms with van der Waals surface area (Å²) in [6, 6.07) is 16.4. The van der Waals surface area contributed by atoms with Gasteiger partial charge >= 0.3 is 0 Å². The zero-order valence-corrected chi connectivity index (χ0v) is 19.3. The molecule has 3 aromatic rings. The Hall–Kier alpha value is -3.15. The maximum atomic E-state index is 12.4. The van der Waals surface area contributed by atoms with Crippen LogP contribution in [0.15, 0.2) is 48.5 Å². The standard InChI is InChI=1S/C26H33N5O/c1-4-18-9-13-20(14-10-18)25(32)27-17-19-11-15-21(16-12-19)28-26-29-23-8-6-5-7-22(23)24(30-26)31(2)3/h5-10,13-14,19,21H,4,11-12,15-17H2,1-3H3,(H,27,32)(H,28,29,30)/t19-,21+. The summed E-state index contributed by atoms with van der Waals surface area (Å²) in [5.74, 6) is 2.16. The van der Waals surface area contributed by atoms with Gasteiger partial charge in [0, 0.05) is 37.6 Å². The molecule has 1 aliphatic carbocycles. The third kappa shape index (κ3) is 5.18. The van der Waals surface area contributed by atoms with Gasteiger partial charge in [-0.2, -0.15) is 4.98 Å². The number of hydrogen-bond acceptors (Lipinski definition) is 5. The van der Waals surface area contributed by atoms with Gasteiger partial charge < -0.3 is 15.5 Å². The van der Waals surface area contributed by atoms with Crippen molar-refractivity contribution in [1.82, 2.24) is 15.3 Å². The maximum Gasteiger partial charge on any atom is 0.251 e. The van der Waals surface area contributed by atoms with Crippen LogP contribution in [-0.2, 0) is 6.42 Å². The number of anilines is 2. The minimum atomic E-state index is 0.0219. The average Bonchev–Trinajstić information content (AvgIpc) is 2.83. The molecule has 32 heavy (non-hydrogen) atoms. The number of para-hydroxylation sites is 1. The monoisotopic (exact) mass is 431 g/mol. The van der Waals surface area contributed by atoms with Crippen LogP contribution in [0.3, 0.4) is 0 Å². The lowest BCUT2D eigenvalue weighted by Gasteiger charge is -2.29. The quantitative estimate of drug-likeness (QED) is 0.569. The van der Waals surface area contributed by atoms with E-state index < -0.39 is 0 Å². The van der Waals surface area contributed by atoms with Gasteiger partial charge in [-0.1, -0.05) is 31.2 Å². The fraction of sp³-hybridized carbons (Fsp3) is 0.423. The first-order valence-corrected chi connectivity index (χ1v) is 11.6. The third-order valence-electron chi connectivity index (χ3n) is 6.36. The third-order valence-corrected chi connectivity index (χ3v) is 6.36. The van der Waals surface area contributed by atoms with Crippen molar-refractivity contribution in [1.29, 1.82) is 0 Å². The van der Waals surface area contributed by atoms with Crippen LogP contribution in [0.5, 0.6) is 0 Å². The van der Waals surface area contributed by atoms with E-state index in [1.807, 2.05) is 61.5 Å². The lowest BCUT2D eigenvalue weighted by atomic mass is 9.86. The molecule has 0 radical (unpaired) electrons. The molecule has 0 bridgehead atoms. The first-order valence-electron chi connectivity index (χ1n) is 11.6. The number of carbonyl (C=O) groups excluding carboxylic acids is 1. The van der Waals surface area contributed by atoms with Gasteiger partial charge in [-0.15, -0.1) is 0 Å². The van der Waals surface area contributed by atoms with E-state index in [1.165, 1.54) is 5.56 Å². The van der Waals surface area contributed by atoms with Gasteiger partial charge in [0.05, 0.1) is 5.52 Å². The first-order chi connectivity index (χ1) is 15.5. The lowest BCUT2D eigenvalue weighted by Crippen LogP contribution is -2.34. The predicted molar refractivity (Wildman–Crippen MR) is 131 cm³/mol. The molecule has 1 aromatic heterocycles. The molecule has 2 aromatic carbocycles. The summed E-state index contributed by atoms with van der Waals surface area (Å²) >= 11 is 0. The number of benzene rings is 2. The van der Waals surface area contributed by atoms with Gasteiger partial charge in [-0.05, 0) is 67.9 Å². The number of nitrogens with zero attached hydrogens (tertiary/aromatic N) is 3. The van der Waals surface area contributed by atoms with Gasteiger partial charge in [-0.3, -0.25) is 4.79 Å². The minimum absolute atomic E-state index is 0.0219. The van der Waals surface area contributed by atoms with Crippen LogP contribution in [0, 0.1) is 5.92 Å². The molecule has 6 nitrogen and oxygen atoms in total. The zero-order chi connectivity index (χ0) is 22.5. The highest BCUT2D eigenvalue weighted by Crippen LogP contribution is 2.28. The van der Waals surface area contributed by atoms with Crippen molar-refractivity contribution in [2.75, 3.05) is 30.9 Å². The molecule has 0 saturated heterocycles. The van der Waals surface area contributed by atoms with Crippen LogP contribution in [0.1, 0.15) is 48.5 Å². The summed E-state index contributed by atoms with van der Waals surface area (Å²) in [5.41, 5.74) is 2.94. The Kier molecular flexibility index (Phi) is 6.88. The van der Waals surface area contributed by atoms with Crippen molar-refractivity contribution >= 4 is 28.6 Å². The normalized spacial score (nSPS) is 18.3. The lowest BCUT2D eigenvalue weighted by molar-refractivity contribution is 0.0943. The highest BCUT2D eigenvalue weighted by Gasteiger charge is 2.23. The number of hydrogen-bond donors (Lipinski definition) is 2. The molecule has 4 rings (SSSR count). The molecular formula is C26H33N5O. The highest BCUT2D eigenvalue weighted by molar-refractivity contribution is 5.94. The van der Waals surface area contributed by atoms with Gasteiger partial charge in [0.15, 0.2) is 0 Å². The number of rotatable bonds is 7. The van der Waals surface area contributed by atoms with Gasteiger partial charge in [0.25, 0.3) is 5.91 Å². The zero-order valence-electron chi connectivity index (χ0n) is 19.3. The van der Waals surface area contributed by atoms with Crippen molar-refractivity contribution in [3.8, 4) is 0 Å². The fourth-order valence-electron chi connectivity index (χ4n) is 4.39. The van der Waals surface area contributed by atoms with Crippen LogP contribution < -0.4 is 15.5 Å². The topological polar surface area (TPSA) is 70.2 Å². The Morgan fingerprint density at radius 2 is 1.72 bits per heavy atom. The highest BCUT2D eigenvalue weighted by atomic mass is 16.1. The van der Waals surface area contributed by atoms with Crippen molar-refractivity contribution in [3.05, 3.63) is 59.7 Å². The first kappa shape index (κ1) is 22.1. The summed E-state index contributed by atoms with van der Waals surface area (Å²) in [6.07, 6.45) is 5.26. The Bertz CT molecular complexity index is 1060. The molecule has 0 aliphatic heterocycles. The molecule has 1 fully saturated rings. The smallest absolute Gasteiger partial charge is 0.251 e. The van der Waals surface area contributed by atoms with Crippen LogP contribution in [0.25, 0.3) is 10.9 Å². The number of aryl methyl sites for hydroxylation is 1. The molecule has 0 unspecified atom stereocenters. The maximum absolute atomic E-state index is 12.4. The van der Waals surface area contributed by atoms with Crippen molar-refractivity contribution in [3.63, 3.8) is 0 Å². The van der Waals surface area contributed by atoms with Crippen molar-refractivity contribution in [2.24, 2.45) is 5.92 Å². The van der Waals surface area contributed by atoms with Gasteiger partial charge in [-0.25, -0.2) is 4.98 Å². The molecule has 0 spiro atoms. The van der Waals surface area contributed by atoms with Crippen LogP contribution in [-0.4, -0.2) is 42.6 Å². The molecule has 1 aliphatic rings. The number of aromatic nitrogens is 2. The van der Waals surface area contributed by atoms with Crippen molar-refractivity contribution < 1.29 is 4.79 Å². The number of carbonyl (C=O) groups is 1. The second-order valence-corrected chi connectivity index (χ2v) is 8.90. The summed E-state index contributed by atoms with van der Waals surface area (Å²) in [4.78, 5) is 24.0. The van der Waals surface area contributed by atoms with Crippen LogP contribution in [0.2, 0.25) is 0 Å². The SMILES string of the molecule is CCc1ccc(C(=O)NC[C@H]2CC[C@@H](Nc3nc(N(C)C)c4ccccc4n3)CC2)cc1. The largest absolute Gasteiger partial charge is 0.362 e. The predicted octanol–water partition coefficient (Wildman–Crippen LogP) is 4.66. The number of fused-ring (bicyclic) bond motifs is 1. The Labute approximate surface area is 190 Å². The summed E-state index contributed by atoms with van der Waals surface area (Å²) in [6.45, 7) is 2.85. The summed E-state index contributed by atoms with van der Waals surface area (Å²) < 4.78 is 0. The molecule has 0 atom stereocenters. The second kappa shape index (κ2) is 9.98. The van der Waals surface area contributed by atoms with E-state index in [1.54, 1.807) is 0 Å². The molecule has 6 heteroatoms. The molecule has 2 N–H and O–H groups in total. The van der Waals surface area contributed by atoms with Crippen molar-refractivity contribution in [2.45, 2.75) is 45.1 Å². The molecule has 1 heterocycles. The van der Waals surface area contributed by atoms with Crippen LogP contribution in [0.4, 0.5) is 11.8 Å². The molecule has 1 saturated carbocycles.